The number of hydrogen-bond acceptors (Lipinski definition) is 6. The van der Waals surface area contributed by atoms with Gasteiger partial charge in [-0.3, -0.25) is 0 Å². The normalized spacial score (nSPS) is 10.8. The second-order valence-corrected chi connectivity index (χ2v) is 8.00. The van der Waals surface area contributed by atoms with Crippen molar-refractivity contribution >= 4 is 22.1 Å². The molecule has 28 heavy (non-hydrogen) atoms. The van der Waals surface area contributed by atoms with E-state index in [-0.39, 0.29) is 42.5 Å². The summed E-state index contributed by atoms with van der Waals surface area (Å²) >= 11 is 0. The van der Waals surface area contributed by atoms with Crippen LogP contribution in [0, 0.1) is 0 Å². The van der Waals surface area contributed by atoms with Crippen molar-refractivity contribution in [2.75, 3.05) is 6.61 Å². The fourth-order valence-electron chi connectivity index (χ4n) is 2.58. The summed E-state index contributed by atoms with van der Waals surface area (Å²) in [5.41, 5.74) is 0. The van der Waals surface area contributed by atoms with Crippen LogP contribution < -0.4 is 29.6 Å². The van der Waals surface area contributed by atoms with Crippen molar-refractivity contribution in [3.8, 4) is 0 Å². The number of unbranched alkanes of at least 4 members (excludes halogenated alkanes) is 9. The van der Waals surface area contributed by atoms with Gasteiger partial charge < -0.3 is 10.3 Å². The number of ether oxygens (including phenoxy) is 1. The van der Waals surface area contributed by atoms with Gasteiger partial charge in [-0.25, -0.2) is 9.59 Å². The van der Waals surface area contributed by atoms with Gasteiger partial charge in [0.1, 0.15) is 4.90 Å². The van der Waals surface area contributed by atoms with Crippen molar-refractivity contribution in [3.05, 3.63) is 30.3 Å². The summed E-state index contributed by atoms with van der Waals surface area (Å²) in [4.78, 5) is 22.9. The third-order valence-corrected chi connectivity index (χ3v) is 5.34. The molecule has 0 radical (unpaired) electrons. The molecular weight excluding hydrogens is 391 g/mol. The number of benzene rings is 1. The first-order valence-corrected chi connectivity index (χ1v) is 11.1. The van der Waals surface area contributed by atoms with Crippen LogP contribution in [0.15, 0.2) is 35.2 Å². The molecule has 0 N–H and O–H groups in total. The molecule has 0 aromatic heterocycles. The number of carbonyl (C=O) groups excluding carboxylic acids is 2. The van der Waals surface area contributed by atoms with Crippen LogP contribution >= 0.6 is 0 Å². The average molecular weight is 423 g/mol. The summed E-state index contributed by atoms with van der Waals surface area (Å²) in [5.74, 6) is -2.81. The maximum absolute atomic E-state index is 11.9. The van der Waals surface area contributed by atoms with Gasteiger partial charge in [-0.15, -0.1) is 0 Å². The summed E-state index contributed by atoms with van der Waals surface area (Å²) in [5, 5.41) is 0. The summed E-state index contributed by atoms with van der Waals surface area (Å²) in [6.45, 7) is 2.28. The Morgan fingerprint density at radius 1 is 0.821 bits per heavy atom. The minimum atomic E-state index is -4.31. The van der Waals surface area contributed by atoms with E-state index in [1.807, 2.05) is 0 Å². The third-order valence-electron chi connectivity index (χ3n) is 4.11. The van der Waals surface area contributed by atoms with Gasteiger partial charge in [0.05, 0.1) is 6.61 Å². The van der Waals surface area contributed by atoms with Crippen LogP contribution in [0.2, 0.25) is 0 Å². The molecule has 0 amide bonds. The molecule has 0 aliphatic carbocycles. The SMILES string of the molecule is CCCCCCCCCCCCOC(=O)C(=O)OS(=O)(=O)c1ccccc1.[H-].[Na+]. The molecular formula is C20H31NaO6S. The minimum Gasteiger partial charge on any atom is -1.00 e. The number of carbonyl (C=O) groups is 2. The predicted octanol–water partition coefficient (Wildman–Crippen LogP) is 1.50. The Morgan fingerprint density at radius 3 is 1.86 bits per heavy atom. The number of hydrogen-bond donors (Lipinski definition) is 0. The van der Waals surface area contributed by atoms with Crippen molar-refractivity contribution in [1.29, 1.82) is 0 Å². The maximum Gasteiger partial charge on any atom is 1.00 e. The van der Waals surface area contributed by atoms with Crippen molar-refractivity contribution in [1.82, 2.24) is 0 Å². The molecule has 0 atom stereocenters. The quantitative estimate of drug-likeness (QED) is 0.157. The molecule has 0 spiro atoms. The van der Waals surface area contributed by atoms with Crippen LogP contribution in [0.4, 0.5) is 0 Å². The zero-order valence-corrected chi connectivity index (χ0v) is 19.8. The largest absolute Gasteiger partial charge is 1.00 e. The molecule has 6 nitrogen and oxygen atoms in total. The van der Waals surface area contributed by atoms with E-state index in [9.17, 15) is 18.0 Å². The van der Waals surface area contributed by atoms with Gasteiger partial charge in [-0.05, 0) is 18.6 Å². The van der Waals surface area contributed by atoms with Crippen molar-refractivity contribution in [2.24, 2.45) is 0 Å². The zero-order chi connectivity index (χ0) is 20.0. The Kier molecular flexibility index (Phi) is 15.5. The standard InChI is InChI=1S/C20H30O6S.Na.H/c1-2-3-4-5-6-7-8-9-10-14-17-25-19(21)20(22)26-27(23,24)18-15-12-11-13-16-18;;/h11-13,15-16H,2-10,14,17H2,1H3;;/q;+1;-1. The summed E-state index contributed by atoms with van der Waals surface area (Å²) in [7, 11) is -4.31. The van der Waals surface area contributed by atoms with Gasteiger partial charge in [-0.1, -0.05) is 82.9 Å². The Balaban J connectivity index is 0. The summed E-state index contributed by atoms with van der Waals surface area (Å²) in [6.07, 6.45) is 11.4. The van der Waals surface area contributed by atoms with Crippen molar-refractivity contribution in [2.45, 2.75) is 76.0 Å². The molecule has 0 aliphatic rings. The van der Waals surface area contributed by atoms with Crippen LogP contribution in [0.25, 0.3) is 0 Å². The molecule has 0 saturated heterocycles. The second kappa shape index (κ2) is 16.0. The fraction of sp³-hybridized carbons (Fsp3) is 0.600. The molecule has 1 rings (SSSR count). The Hall–Kier alpha value is -0.890. The van der Waals surface area contributed by atoms with Gasteiger partial charge in [0, 0.05) is 0 Å². The van der Waals surface area contributed by atoms with Gasteiger partial charge in [-0.2, -0.15) is 8.42 Å². The van der Waals surface area contributed by atoms with Crippen LogP contribution in [-0.2, 0) is 28.6 Å². The minimum absolute atomic E-state index is 0. The summed E-state index contributed by atoms with van der Waals surface area (Å²) < 4.78 is 32.8. The van der Waals surface area contributed by atoms with Crippen molar-refractivity contribution in [3.63, 3.8) is 0 Å². The van der Waals surface area contributed by atoms with Gasteiger partial charge in [0.2, 0.25) is 0 Å². The van der Waals surface area contributed by atoms with E-state index in [4.69, 9.17) is 4.74 Å². The van der Waals surface area contributed by atoms with E-state index in [1.54, 1.807) is 6.07 Å². The van der Waals surface area contributed by atoms with Crippen LogP contribution in [0.5, 0.6) is 0 Å². The average Bonchev–Trinajstić information content (AvgIpc) is 2.66. The van der Waals surface area contributed by atoms with Crippen LogP contribution in [0.1, 0.15) is 72.6 Å². The molecule has 1 aromatic rings. The van der Waals surface area contributed by atoms with Crippen LogP contribution in [0.3, 0.4) is 0 Å². The molecule has 0 fully saturated rings. The molecule has 0 bridgehead atoms. The smallest absolute Gasteiger partial charge is 1.00 e. The molecule has 0 unspecified atom stereocenters. The maximum atomic E-state index is 11.9. The molecule has 0 heterocycles. The molecule has 1 aromatic carbocycles. The Labute approximate surface area is 192 Å². The van der Waals surface area contributed by atoms with E-state index < -0.39 is 22.1 Å². The Bertz CT molecular complexity index is 667. The topological polar surface area (TPSA) is 86.7 Å². The first-order chi connectivity index (χ1) is 13.0. The molecule has 0 saturated carbocycles. The number of rotatable bonds is 13. The third kappa shape index (κ3) is 11.8. The molecule has 8 heteroatoms. The van der Waals surface area contributed by atoms with E-state index in [0.29, 0.717) is 6.42 Å². The predicted molar refractivity (Wildman–Crippen MR) is 104 cm³/mol. The number of esters is 1. The summed E-state index contributed by atoms with van der Waals surface area (Å²) in [6, 6.07) is 7.16. The van der Waals surface area contributed by atoms with E-state index in [1.165, 1.54) is 62.8 Å². The first kappa shape index (κ1) is 27.1. The van der Waals surface area contributed by atoms with E-state index >= 15 is 0 Å². The van der Waals surface area contributed by atoms with Crippen molar-refractivity contribution < 1.29 is 57.9 Å². The van der Waals surface area contributed by atoms with Gasteiger partial charge >= 0.3 is 51.6 Å². The van der Waals surface area contributed by atoms with Crippen LogP contribution in [-0.4, -0.2) is 27.0 Å². The van der Waals surface area contributed by atoms with E-state index in [0.717, 1.165) is 19.3 Å². The van der Waals surface area contributed by atoms with Gasteiger partial charge in [0.15, 0.2) is 0 Å². The monoisotopic (exact) mass is 422 g/mol. The zero-order valence-electron chi connectivity index (χ0n) is 18.0. The second-order valence-electron chi connectivity index (χ2n) is 6.46. The molecule has 154 valence electrons. The fourth-order valence-corrected chi connectivity index (χ4v) is 3.44. The van der Waals surface area contributed by atoms with Gasteiger partial charge in [0.25, 0.3) is 0 Å². The Morgan fingerprint density at radius 2 is 1.32 bits per heavy atom. The first-order valence-electron chi connectivity index (χ1n) is 9.68. The van der Waals surface area contributed by atoms with E-state index in [2.05, 4.69) is 11.1 Å². The molecule has 0 aliphatic heterocycles.